The standard InChI is InChI=1S/C13H17N5O4S2/c1-5-22-11(20)7(2)23-13-16-15-12(24-13)14-9(19)8-6-18(3)17-10(8)21-4/h6-7H,5H2,1-4H3,(H,14,15,19)/t7-/m1/s1. The van der Waals surface area contributed by atoms with Crippen LogP contribution in [0.3, 0.4) is 0 Å². The van der Waals surface area contributed by atoms with Crippen molar-refractivity contribution in [2.75, 3.05) is 19.0 Å². The van der Waals surface area contributed by atoms with Gasteiger partial charge in [0, 0.05) is 13.2 Å². The minimum absolute atomic E-state index is 0.227. The summed E-state index contributed by atoms with van der Waals surface area (Å²) in [5, 5.41) is 14.4. The molecular formula is C13H17N5O4S2. The number of hydrogen-bond acceptors (Lipinski definition) is 9. The smallest absolute Gasteiger partial charge is 0.319 e. The Morgan fingerprint density at radius 2 is 2.21 bits per heavy atom. The van der Waals surface area contributed by atoms with Crippen molar-refractivity contribution in [3.63, 3.8) is 0 Å². The lowest BCUT2D eigenvalue weighted by Crippen LogP contribution is -2.16. The lowest BCUT2D eigenvalue weighted by molar-refractivity contribution is -0.142. The SMILES string of the molecule is CCOC(=O)[C@@H](C)Sc1nnc(NC(=O)c2cn(C)nc2OC)s1. The van der Waals surface area contributed by atoms with Crippen molar-refractivity contribution in [1.29, 1.82) is 0 Å². The van der Waals surface area contributed by atoms with E-state index in [1.807, 2.05) is 0 Å². The topological polar surface area (TPSA) is 108 Å². The van der Waals surface area contributed by atoms with Crippen molar-refractivity contribution in [2.45, 2.75) is 23.4 Å². The molecule has 0 saturated carbocycles. The number of carbonyl (C=O) groups excluding carboxylic acids is 2. The maximum Gasteiger partial charge on any atom is 0.319 e. The number of nitrogens with one attached hydrogen (secondary N) is 1. The van der Waals surface area contributed by atoms with E-state index in [0.717, 1.165) is 0 Å². The molecule has 24 heavy (non-hydrogen) atoms. The van der Waals surface area contributed by atoms with Crippen molar-refractivity contribution in [1.82, 2.24) is 20.0 Å². The molecule has 0 radical (unpaired) electrons. The van der Waals surface area contributed by atoms with Crippen LogP contribution in [0.2, 0.25) is 0 Å². The molecule has 0 aliphatic carbocycles. The normalized spacial score (nSPS) is 11.8. The summed E-state index contributed by atoms with van der Waals surface area (Å²) in [5.74, 6) is -0.487. The van der Waals surface area contributed by atoms with Gasteiger partial charge in [0.2, 0.25) is 11.0 Å². The highest BCUT2D eigenvalue weighted by molar-refractivity contribution is 8.02. The Bertz CT molecular complexity index is 730. The Morgan fingerprint density at radius 1 is 1.46 bits per heavy atom. The van der Waals surface area contributed by atoms with E-state index in [1.54, 1.807) is 27.1 Å². The zero-order valence-corrected chi connectivity index (χ0v) is 15.2. The molecule has 11 heteroatoms. The van der Waals surface area contributed by atoms with Gasteiger partial charge in [-0.3, -0.25) is 19.6 Å². The van der Waals surface area contributed by atoms with Gasteiger partial charge in [0.05, 0.1) is 13.7 Å². The fourth-order valence-electron chi connectivity index (χ4n) is 1.71. The number of aromatic nitrogens is 4. The molecule has 0 fully saturated rings. The summed E-state index contributed by atoms with van der Waals surface area (Å²) in [5.41, 5.74) is 0.296. The number of hydrogen-bond donors (Lipinski definition) is 1. The summed E-state index contributed by atoms with van der Waals surface area (Å²) in [7, 11) is 3.13. The second-order valence-corrected chi connectivity index (χ2v) is 7.13. The van der Waals surface area contributed by atoms with Crippen LogP contribution in [-0.2, 0) is 16.6 Å². The first-order valence-electron chi connectivity index (χ1n) is 7.00. The van der Waals surface area contributed by atoms with Crippen LogP contribution in [-0.4, -0.2) is 50.8 Å². The van der Waals surface area contributed by atoms with Gasteiger partial charge in [-0.25, -0.2) is 0 Å². The minimum atomic E-state index is -0.403. The number of aryl methyl sites for hydroxylation is 1. The molecule has 1 N–H and O–H groups in total. The fraction of sp³-hybridized carbons (Fsp3) is 0.462. The molecule has 2 rings (SSSR count). The fourth-order valence-corrected chi connectivity index (χ4v) is 3.60. The zero-order valence-electron chi connectivity index (χ0n) is 13.6. The molecule has 1 atom stereocenters. The van der Waals surface area contributed by atoms with Gasteiger partial charge in [0.1, 0.15) is 10.8 Å². The molecule has 0 aliphatic heterocycles. The van der Waals surface area contributed by atoms with Gasteiger partial charge in [-0.15, -0.1) is 15.3 Å². The molecule has 0 spiro atoms. The van der Waals surface area contributed by atoms with Crippen LogP contribution in [0.25, 0.3) is 0 Å². The summed E-state index contributed by atoms with van der Waals surface area (Å²) < 4.78 is 12.0. The number of carbonyl (C=O) groups is 2. The number of ether oxygens (including phenoxy) is 2. The van der Waals surface area contributed by atoms with Gasteiger partial charge in [-0.05, 0) is 13.8 Å². The Labute approximate surface area is 146 Å². The average molecular weight is 371 g/mol. The average Bonchev–Trinajstić information content (AvgIpc) is 3.13. The summed E-state index contributed by atoms with van der Waals surface area (Å²) in [6, 6.07) is 0. The van der Waals surface area contributed by atoms with Gasteiger partial charge in [-0.1, -0.05) is 23.1 Å². The monoisotopic (exact) mass is 371 g/mol. The van der Waals surface area contributed by atoms with E-state index < -0.39 is 11.2 Å². The molecular weight excluding hydrogens is 354 g/mol. The predicted octanol–water partition coefficient (Wildman–Crippen LogP) is 1.58. The highest BCUT2D eigenvalue weighted by Gasteiger charge is 2.20. The first-order valence-corrected chi connectivity index (χ1v) is 8.70. The van der Waals surface area contributed by atoms with Crippen LogP contribution < -0.4 is 10.1 Å². The first-order chi connectivity index (χ1) is 11.4. The molecule has 130 valence electrons. The molecule has 0 bridgehead atoms. The quantitative estimate of drug-likeness (QED) is 0.444. The lowest BCUT2D eigenvalue weighted by Gasteiger charge is -2.06. The molecule has 0 aliphatic rings. The van der Waals surface area contributed by atoms with Gasteiger partial charge in [0.15, 0.2) is 4.34 Å². The minimum Gasteiger partial charge on any atom is -0.479 e. The summed E-state index contributed by atoms with van der Waals surface area (Å²) in [4.78, 5) is 23.9. The Kier molecular flexibility index (Phi) is 6.15. The van der Waals surface area contributed by atoms with Crippen LogP contribution in [0.5, 0.6) is 5.88 Å². The molecule has 1 amide bonds. The number of anilines is 1. The van der Waals surface area contributed by atoms with E-state index in [2.05, 4.69) is 20.6 Å². The molecule has 2 heterocycles. The van der Waals surface area contributed by atoms with E-state index in [-0.39, 0.29) is 11.8 Å². The largest absolute Gasteiger partial charge is 0.479 e. The van der Waals surface area contributed by atoms with Crippen molar-refractivity contribution >= 4 is 40.1 Å². The molecule has 0 saturated heterocycles. The van der Waals surface area contributed by atoms with Crippen molar-refractivity contribution in [2.24, 2.45) is 7.05 Å². The Hall–Kier alpha value is -2.14. The van der Waals surface area contributed by atoms with E-state index in [1.165, 1.54) is 34.9 Å². The third kappa shape index (κ3) is 4.45. The number of esters is 1. The van der Waals surface area contributed by atoms with Crippen molar-refractivity contribution in [3.8, 4) is 5.88 Å². The van der Waals surface area contributed by atoms with Crippen molar-refractivity contribution in [3.05, 3.63) is 11.8 Å². The van der Waals surface area contributed by atoms with Crippen LogP contribution in [0, 0.1) is 0 Å². The van der Waals surface area contributed by atoms with E-state index >= 15 is 0 Å². The van der Waals surface area contributed by atoms with E-state index in [4.69, 9.17) is 9.47 Å². The molecule has 2 aromatic rings. The second-order valence-electron chi connectivity index (χ2n) is 4.57. The van der Waals surface area contributed by atoms with Crippen molar-refractivity contribution < 1.29 is 19.1 Å². The number of methoxy groups -OCH3 is 1. The van der Waals surface area contributed by atoms with Gasteiger partial charge in [-0.2, -0.15) is 0 Å². The molecule has 2 aromatic heterocycles. The van der Waals surface area contributed by atoms with Crippen LogP contribution in [0.4, 0.5) is 5.13 Å². The third-order valence-electron chi connectivity index (χ3n) is 2.76. The second kappa shape index (κ2) is 8.11. The maximum absolute atomic E-state index is 12.2. The summed E-state index contributed by atoms with van der Waals surface area (Å²) in [6.07, 6.45) is 1.55. The number of amides is 1. The van der Waals surface area contributed by atoms with E-state index in [0.29, 0.717) is 21.6 Å². The molecule has 0 unspecified atom stereocenters. The highest BCUT2D eigenvalue weighted by atomic mass is 32.2. The lowest BCUT2D eigenvalue weighted by atomic mass is 10.3. The highest BCUT2D eigenvalue weighted by Crippen LogP contribution is 2.29. The summed E-state index contributed by atoms with van der Waals surface area (Å²) in [6.45, 7) is 3.80. The molecule has 0 aromatic carbocycles. The van der Waals surface area contributed by atoms with Crippen LogP contribution in [0.15, 0.2) is 10.5 Å². The number of rotatable bonds is 7. The zero-order chi connectivity index (χ0) is 17.7. The summed E-state index contributed by atoms with van der Waals surface area (Å²) >= 11 is 2.40. The third-order valence-corrected chi connectivity index (χ3v) is 4.76. The molecule has 9 nitrogen and oxygen atoms in total. The van der Waals surface area contributed by atoms with Crippen LogP contribution in [0.1, 0.15) is 24.2 Å². The maximum atomic E-state index is 12.2. The first kappa shape index (κ1) is 18.2. The van der Waals surface area contributed by atoms with Gasteiger partial charge in [0.25, 0.3) is 5.91 Å². The Balaban J connectivity index is 2.00. The van der Waals surface area contributed by atoms with Gasteiger partial charge >= 0.3 is 5.97 Å². The number of thioether (sulfide) groups is 1. The van der Waals surface area contributed by atoms with Gasteiger partial charge < -0.3 is 9.47 Å². The van der Waals surface area contributed by atoms with E-state index in [9.17, 15) is 9.59 Å². The Morgan fingerprint density at radius 3 is 2.88 bits per heavy atom. The number of nitrogens with zero attached hydrogens (tertiary/aromatic N) is 4. The van der Waals surface area contributed by atoms with Crippen LogP contribution >= 0.6 is 23.1 Å². The predicted molar refractivity (Wildman–Crippen MR) is 89.6 cm³/mol.